The van der Waals surface area contributed by atoms with Crippen LogP contribution < -0.4 is 11.1 Å². The predicted molar refractivity (Wildman–Crippen MR) is 104 cm³/mol. The number of rotatable bonds is 7. The number of aryl methyl sites for hydroxylation is 2. The number of nitrogens with one attached hydrogen (secondary N) is 1. The maximum absolute atomic E-state index is 13.6. The lowest BCUT2D eigenvalue weighted by Crippen LogP contribution is -2.30. The van der Waals surface area contributed by atoms with Gasteiger partial charge in [-0.15, -0.1) is 11.3 Å². The Hall–Kier alpha value is -2.74. The number of thiophene rings is 1. The van der Waals surface area contributed by atoms with Gasteiger partial charge in [-0.1, -0.05) is 18.2 Å². The Bertz CT molecular complexity index is 925. The van der Waals surface area contributed by atoms with Gasteiger partial charge in [-0.05, 0) is 49.8 Å². The maximum Gasteiger partial charge on any atom is 0.306 e. The minimum absolute atomic E-state index is 0.0433. The van der Waals surface area contributed by atoms with Crippen LogP contribution in [0.2, 0.25) is 0 Å². The Morgan fingerprint density at radius 1 is 1.29 bits per heavy atom. The number of carbonyl (C=O) groups is 3. The summed E-state index contributed by atoms with van der Waals surface area (Å²) in [5.74, 6) is -2.11. The van der Waals surface area contributed by atoms with Crippen LogP contribution in [0.3, 0.4) is 0 Å². The van der Waals surface area contributed by atoms with Crippen LogP contribution in [0.15, 0.2) is 24.3 Å². The second-order valence-electron chi connectivity index (χ2n) is 6.64. The molecule has 8 heteroatoms. The predicted octanol–water partition coefficient (Wildman–Crippen LogP) is 2.98. The fourth-order valence-corrected chi connectivity index (χ4v) is 4.51. The zero-order valence-electron chi connectivity index (χ0n) is 15.4. The van der Waals surface area contributed by atoms with Gasteiger partial charge in [0.25, 0.3) is 11.8 Å². The number of esters is 1. The Kier molecular flexibility index (Phi) is 6.08. The van der Waals surface area contributed by atoms with Crippen molar-refractivity contribution in [3.63, 3.8) is 0 Å². The van der Waals surface area contributed by atoms with Crippen LogP contribution in [-0.2, 0) is 33.6 Å². The number of amides is 2. The zero-order valence-corrected chi connectivity index (χ0v) is 16.2. The highest BCUT2D eigenvalue weighted by molar-refractivity contribution is 7.17. The first-order valence-electron chi connectivity index (χ1n) is 9.05. The highest BCUT2D eigenvalue weighted by Crippen LogP contribution is 2.38. The molecule has 0 saturated heterocycles. The summed E-state index contributed by atoms with van der Waals surface area (Å²) in [5, 5.41) is 3.05. The van der Waals surface area contributed by atoms with E-state index in [0.717, 1.165) is 29.7 Å². The molecule has 148 valence electrons. The highest BCUT2D eigenvalue weighted by Gasteiger charge is 2.27. The first-order valence-corrected chi connectivity index (χ1v) is 9.86. The van der Waals surface area contributed by atoms with Crippen LogP contribution in [0, 0.1) is 5.82 Å². The van der Waals surface area contributed by atoms with Crippen molar-refractivity contribution in [1.29, 1.82) is 0 Å². The van der Waals surface area contributed by atoms with E-state index in [0.29, 0.717) is 16.1 Å². The summed E-state index contributed by atoms with van der Waals surface area (Å²) in [7, 11) is 0. The van der Waals surface area contributed by atoms with E-state index >= 15 is 0 Å². The molecular formula is C20H21FN2O4S. The lowest BCUT2D eigenvalue weighted by Gasteiger charge is -2.13. The minimum atomic E-state index is -1.05. The number of hydrogen-bond acceptors (Lipinski definition) is 5. The van der Waals surface area contributed by atoms with Crippen LogP contribution in [0.4, 0.5) is 9.39 Å². The third kappa shape index (κ3) is 4.39. The van der Waals surface area contributed by atoms with Crippen molar-refractivity contribution in [2.24, 2.45) is 5.73 Å². The number of anilines is 1. The summed E-state index contributed by atoms with van der Waals surface area (Å²) in [5.41, 5.74) is 7.14. The van der Waals surface area contributed by atoms with Crippen molar-refractivity contribution in [2.45, 2.75) is 45.1 Å². The number of nitrogens with two attached hydrogens (primary N) is 1. The molecule has 1 aliphatic carbocycles. The molecule has 0 fully saturated rings. The van der Waals surface area contributed by atoms with E-state index < -0.39 is 23.9 Å². The van der Waals surface area contributed by atoms with Gasteiger partial charge in [0.1, 0.15) is 10.8 Å². The van der Waals surface area contributed by atoms with Crippen LogP contribution in [0.25, 0.3) is 0 Å². The molecule has 1 heterocycles. The molecular weight excluding hydrogens is 383 g/mol. The Morgan fingerprint density at radius 2 is 2.04 bits per heavy atom. The van der Waals surface area contributed by atoms with Crippen LogP contribution in [0.1, 0.15) is 46.1 Å². The number of benzene rings is 1. The molecule has 3 rings (SSSR count). The minimum Gasteiger partial charge on any atom is -0.453 e. The molecule has 28 heavy (non-hydrogen) atoms. The van der Waals surface area contributed by atoms with Crippen molar-refractivity contribution >= 4 is 34.1 Å². The van der Waals surface area contributed by atoms with Gasteiger partial charge in [0, 0.05) is 11.3 Å². The van der Waals surface area contributed by atoms with E-state index in [1.165, 1.54) is 24.3 Å². The SMILES string of the molecule is C[C@H](OC(=O)CCc1ccccc1F)C(=O)Nc1sc2c(c1C(N)=O)CCC2. The highest BCUT2D eigenvalue weighted by atomic mass is 32.1. The third-order valence-electron chi connectivity index (χ3n) is 4.64. The van der Waals surface area contributed by atoms with Crippen molar-refractivity contribution in [3.05, 3.63) is 51.7 Å². The van der Waals surface area contributed by atoms with E-state index in [1.807, 2.05) is 0 Å². The van der Waals surface area contributed by atoms with Crippen molar-refractivity contribution in [3.8, 4) is 0 Å². The Balaban J connectivity index is 1.57. The fraction of sp³-hybridized carbons (Fsp3) is 0.350. The summed E-state index contributed by atoms with van der Waals surface area (Å²) < 4.78 is 18.7. The Labute approximate surface area is 165 Å². The second kappa shape index (κ2) is 8.52. The van der Waals surface area contributed by atoms with E-state index in [-0.39, 0.29) is 18.7 Å². The second-order valence-corrected chi connectivity index (χ2v) is 7.74. The summed E-state index contributed by atoms with van der Waals surface area (Å²) in [6.45, 7) is 1.45. The van der Waals surface area contributed by atoms with Gasteiger partial charge in [0.2, 0.25) is 0 Å². The molecule has 0 spiro atoms. The molecule has 0 radical (unpaired) electrons. The number of primary amides is 1. The molecule has 1 aliphatic rings. The van der Waals surface area contributed by atoms with Crippen LogP contribution in [-0.4, -0.2) is 23.9 Å². The number of hydrogen-bond donors (Lipinski definition) is 2. The van der Waals surface area contributed by atoms with E-state index in [2.05, 4.69) is 5.32 Å². The topological polar surface area (TPSA) is 98.5 Å². The number of ether oxygens (including phenoxy) is 1. The molecule has 6 nitrogen and oxygen atoms in total. The molecule has 1 aromatic heterocycles. The zero-order chi connectivity index (χ0) is 20.3. The van der Waals surface area contributed by atoms with Crippen LogP contribution >= 0.6 is 11.3 Å². The third-order valence-corrected chi connectivity index (χ3v) is 5.85. The molecule has 0 aliphatic heterocycles. The lowest BCUT2D eigenvalue weighted by atomic mass is 10.1. The normalized spacial score (nSPS) is 13.6. The van der Waals surface area contributed by atoms with Gasteiger partial charge >= 0.3 is 5.97 Å². The maximum atomic E-state index is 13.6. The molecule has 3 N–H and O–H groups in total. The monoisotopic (exact) mass is 404 g/mol. The number of carbonyl (C=O) groups excluding carboxylic acids is 3. The summed E-state index contributed by atoms with van der Waals surface area (Å²) >= 11 is 1.34. The quantitative estimate of drug-likeness (QED) is 0.693. The van der Waals surface area contributed by atoms with Crippen molar-refractivity contribution < 1.29 is 23.5 Å². The number of halogens is 1. The molecule has 2 amide bonds. The Morgan fingerprint density at radius 3 is 2.75 bits per heavy atom. The largest absolute Gasteiger partial charge is 0.453 e. The average molecular weight is 404 g/mol. The average Bonchev–Trinajstić information content (AvgIpc) is 3.21. The summed E-state index contributed by atoms with van der Waals surface area (Å²) in [6.07, 6.45) is 1.68. The van der Waals surface area contributed by atoms with Gasteiger partial charge in [-0.3, -0.25) is 14.4 Å². The van der Waals surface area contributed by atoms with Gasteiger partial charge < -0.3 is 15.8 Å². The first-order chi connectivity index (χ1) is 13.4. The van der Waals surface area contributed by atoms with Gasteiger partial charge in [-0.25, -0.2) is 4.39 Å². The first kappa shape index (κ1) is 20.0. The number of fused-ring (bicyclic) bond motifs is 1. The van der Waals surface area contributed by atoms with Gasteiger partial charge in [-0.2, -0.15) is 0 Å². The van der Waals surface area contributed by atoms with Crippen molar-refractivity contribution in [1.82, 2.24) is 0 Å². The molecule has 2 aromatic rings. The molecule has 0 saturated carbocycles. The van der Waals surface area contributed by atoms with E-state index in [4.69, 9.17) is 10.5 Å². The van der Waals surface area contributed by atoms with Gasteiger partial charge in [0.15, 0.2) is 6.10 Å². The molecule has 1 atom stereocenters. The van der Waals surface area contributed by atoms with Gasteiger partial charge in [0.05, 0.1) is 5.56 Å². The summed E-state index contributed by atoms with van der Waals surface area (Å²) in [4.78, 5) is 37.2. The standard InChI is InChI=1S/C20H21FN2O4S/c1-11(27-16(24)10-9-12-5-2-3-7-14(12)21)19(26)23-20-17(18(22)25)13-6-4-8-15(13)28-20/h2-3,5,7,11H,4,6,8-10H2,1H3,(H2,22,25)(H,23,26)/t11-/m0/s1. The molecule has 0 bridgehead atoms. The van der Waals surface area contributed by atoms with E-state index in [9.17, 15) is 18.8 Å². The van der Waals surface area contributed by atoms with Crippen LogP contribution in [0.5, 0.6) is 0 Å². The lowest BCUT2D eigenvalue weighted by molar-refractivity contribution is -0.153. The smallest absolute Gasteiger partial charge is 0.306 e. The summed E-state index contributed by atoms with van der Waals surface area (Å²) in [6, 6.07) is 6.18. The molecule has 1 aromatic carbocycles. The fourth-order valence-electron chi connectivity index (χ4n) is 3.21. The molecule has 0 unspecified atom stereocenters. The van der Waals surface area contributed by atoms with E-state index in [1.54, 1.807) is 18.2 Å². The van der Waals surface area contributed by atoms with Crippen molar-refractivity contribution in [2.75, 3.05) is 5.32 Å².